The zero-order valence-electron chi connectivity index (χ0n) is 16.8. The van der Waals surface area contributed by atoms with E-state index in [0.717, 1.165) is 6.26 Å². The Hall–Kier alpha value is -3.00. The summed E-state index contributed by atoms with van der Waals surface area (Å²) in [5.41, 5.74) is 1.14. The summed E-state index contributed by atoms with van der Waals surface area (Å²) in [6.07, 6.45) is 2.57. The van der Waals surface area contributed by atoms with Crippen LogP contribution in [0.1, 0.15) is 13.3 Å². The van der Waals surface area contributed by atoms with E-state index in [0.29, 0.717) is 35.9 Å². The van der Waals surface area contributed by atoms with E-state index in [4.69, 9.17) is 9.47 Å². The first kappa shape index (κ1) is 22.3. The van der Waals surface area contributed by atoms with Crippen LogP contribution in [0.2, 0.25) is 0 Å². The van der Waals surface area contributed by atoms with Gasteiger partial charge in [-0.05, 0) is 55.0 Å². The molecular weight excluding hydrogens is 392 g/mol. The molecule has 0 saturated carbocycles. The summed E-state index contributed by atoms with van der Waals surface area (Å²) in [7, 11) is -1.86. The molecule has 156 valence electrons. The average molecular weight is 419 g/mol. The Kier molecular flexibility index (Phi) is 7.67. The maximum absolute atomic E-state index is 12.5. The number of hydrogen-bond donors (Lipinski definition) is 1. The Morgan fingerprint density at radius 1 is 1.14 bits per heavy atom. The Balaban J connectivity index is 2.00. The number of nitrogens with zero attached hydrogens (tertiary/aromatic N) is 1. The van der Waals surface area contributed by atoms with Gasteiger partial charge in [-0.25, -0.2) is 8.42 Å². The summed E-state index contributed by atoms with van der Waals surface area (Å²) in [6, 6.07) is 13.6. The normalized spacial score (nSPS) is 12.0. The van der Waals surface area contributed by atoms with Crippen LogP contribution in [0.25, 0.3) is 0 Å². The van der Waals surface area contributed by atoms with Crippen LogP contribution in [-0.4, -0.2) is 40.3 Å². The fourth-order valence-electron chi connectivity index (χ4n) is 2.43. The quantitative estimate of drug-likeness (QED) is 0.598. The lowest BCUT2D eigenvalue weighted by Gasteiger charge is -2.19. The third-order valence-corrected chi connectivity index (χ3v) is 5.33. The molecule has 1 amide bonds. The summed E-state index contributed by atoms with van der Waals surface area (Å²) >= 11 is 0. The molecule has 29 heavy (non-hydrogen) atoms. The Labute approximate surface area is 172 Å². The van der Waals surface area contributed by atoms with Gasteiger partial charge in [-0.15, -0.1) is 0 Å². The van der Waals surface area contributed by atoms with Gasteiger partial charge in [0.05, 0.1) is 11.9 Å². The second-order valence-electron chi connectivity index (χ2n) is 6.35. The molecule has 7 nitrogen and oxygen atoms in total. The van der Waals surface area contributed by atoms with Crippen molar-refractivity contribution >= 4 is 27.3 Å². The van der Waals surface area contributed by atoms with Crippen LogP contribution in [0, 0.1) is 0 Å². The molecule has 1 atom stereocenters. The van der Waals surface area contributed by atoms with Gasteiger partial charge in [0, 0.05) is 12.7 Å². The number of sulfonamides is 1. The molecule has 0 fully saturated rings. The second kappa shape index (κ2) is 9.97. The van der Waals surface area contributed by atoms with Gasteiger partial charge in [0.25, 0.3) is 5.91 Å². The molecule has 0 unspecified atom stereocenters. The van der Waals surface area contributed by atoms with Crippen LogP contribution in [0.5, 0.6) is 11.5 Å². The Morgan fingerprint density at radius 3 is 2.24 bits per heavy atom. The second-order valence-corrected chi connectivity index (χ2v) is 8.37. The van der Waals surface area contributed by atoms with E-state index >= 15 is 0 Å². The van der Waals surface area contributed by atoms with Crippen LogP contribution >= 0.6 is 0 Å². The van der Waals surface area contributed by atoms with Crippen molar-refractivity contribution in [3.05, 3.63) is 61.2 Å². The first-order valence-electron chi connectivity index (χ1n) is 9.09. The van der Waals surface area contributed by atoms with E-state index in [1.807, 2.05) is 6.92 Å². The lowest BCUT2D eigenvalue weighted by atomic mass is 10.2. The van der Waals surface area contributed by atoms with Crippen molar-refractivity contribution in [2.24, 2.45) is 0 Å². The maximum Gasteiger partial charge on any atom is 0.265 e. The lowest BCUT2D eigenvalue weighted by molar-refractivity contribution is -0.122. The van der Waals surface area contributed by atoms with Crippen molar-refractivity contribution in [2.45, 2.75) is 19.4 Å². The summed E-state index contributed by atoms with van der Waals surface area (Å²) in [5, 5.41) is 2.82. The van der Waals surface area contributed by atoms with Gasteiger partial charge in [0.15, 0.2) is 6.10 Å². The molecule has 8 heteroatoms. The summed E-state index contributed by atoms with van der Waals surface area (Å²) in [4.78, 5) is 12.5. The number of nitrogens with one attached hydrogen (secondary N) is 1. The Bertz CT molecular complexity index is 925. The number of ether oxygens (including phenoxy) is 2. The van der Waals surface area contributed by atoms with Gasteiger partial charge in [0.2, 0.25) is 10.0 Å². The molecule has 0 radical (unpaired) electrons. The van der Waals surface area contributed by atoms with E-state index in [9.17, 15) is 13.2 Å². The number of carbonyl (C=O) groups excluding carboxylic acids is 1. The summed E-state index contributed by atoms with van der Waals surface area (Å²) in [5.74, 6) is 0.890. The van der Waals surface area contributed by atoms with Gasteiger partial charge in [-0.2, -0.15) is 0 Å². The number of anilines is 2. The molecule has 0 aliphatic rings. The predicted octanol–water partition coefficient (Wildman–Crippen LogP) is 3.44. The topological polar surface area (TPSA) is 84.9 Å². The van der Waals surface area contributed by atoms with Gasteiger partial charge >= 0.3 is 0 Å². The van der Waals surface area contributed by atoms with Gasteiger partial charge in [0.1, 0.15) is 18.1 Å². The van der Waals surface area contributed by atoms with Crippen LogP contribution in [0.15, 0.2) is 61.2 Å². The van der Waals surface area contributed by atoms with E-state index in [1.54, 1.807) is 54.6 Å². The van der Waals surface area contributed by atoms with Crippen molar-refractivity contribution in [3.8, 4) is 11.5 Å². The Morgan fingerprint density at radius 2 is 1.72 bits per heavy atom. The highest BCUT2D eigenvalue weighted by atomic mass is 32.2. The van der Waals surface area contributed by atoms with Crippen molar-refractivity contribution in [2.75, 3.05) is 29.5 Å². The van der Waals surface area contributed by atoms with Crippen LogP contribution in [0.3, 0.4) is 0 Å². The van der Waals surface area contributed by atoms with E-state index < -0.39 is 16.1 Å². The number of carbonyl (C=O) groups is 1. The van der Waals surface area contributed by atoms with Crippen molar-refractivity contribution in [1.82, 2.24) is 0 Å². The largest absolute Gasteiger partial charge is 0.490 e. The zero-order chi connectivity index (χ0) is 21.4. The molecule has 2 aromatic rings. The minimum Gasteiger partial charge on any atom is -0.490 e. The van der Waals surface area contributed by atoms with Gasteiger partial charge < -0.3 is 14.8 Å². The number of hydrogen-bond acceptors (Lipinski definition) is 5. The molecule has 1 N–H and O–H groups in total. The summed E-state index contributed by atoms with van der Waals surface area (Å²) < 4.78 is 35.6. The highest BCUT2D eigenvalue weighted by Crippen LogP contribution is 2.22. The molecule has 2 aromatic carbocycles. The highest BCUT2D eigenvalue weighted by molar-refractivity contribution is 7.92. The SMILES string of the molecule is C=CCOc1ccc(NC(=O)[C@@H](CC)Oc2ccc(N(C)S(C)(=O)=O)cc2)cc1. The van der Waals surface area contributed by atoms with Gasteiger partial charge in [-0.3, -0.25) is 9.10 Å². The van der Waals surface area contributed by atoms with Crippen molar-refractivity contribution < 1.29 is 22.7 Å². The van der Waals surface area contributed by atoms with Crippen LogP contribution in [-0.2, 0) is 14.8 Å². The molecule has 0 aromatic heterocycles. The van der Waals surface area contributed by atoms with E-state index in [1.165, 1.54) is 11.4 Å². The molecular formula is C21H26N2O5S. The third-order valence-electron chi connectivity index (χ3n) is 4.13. The average Bonchev–Trinajstić information content (AvgIpc) is 2.70. The molecule has 0 aliphatic carbocycles. The molecule has 0 bridgehead atoms. The van der Waals surface area contributed by atoms with Crippen molar-refractivity contribution in [3.63, 3.8) is 0 Å². The van der Waals surface area contributed by atoms with E-state index in [2.05, 4.69) is 11.9 Å². The fourth-order valence-corrected chi connectivity index (χ4v) is 2.93. The zero-order valence-corrected chi connectivity index (χ0v) is 17.6. The number of rotatable bonds is 10. The third kappa shape index (κ3) is 6.53. The smallest absolute Gasteiger partial charge is 0.265 e. The monoisotopic (exact) mass is 418 g/mol. The van der Waals surface area contributed by atoms with Crippen LogP contribution in [0.4, 0.5) is 11.4 Å². The number of benzene rings is 2. The predicted molar refractivity (Wildman–Crippen MR) is 115 cm³/mol. The maximum atomic E-state index is 12.5. The van der Waals surface area contributed by atoms with Crippen molar-refractivity contribution in [1.29, 1.82) is 0 Å². The first-order valence-corrected chi connectivity index (χ1v) is 10.9. The standard InChI is InChI=1S/C21H26N2O5S/c1-5-15-27-18-11-7-16(8-12-18)22-21(24)20(6-2)28-19-13-9-17(10-14-19)23(3)29(4,25)26/h5,7-14,20H,1,6,15H2,2-4H3,(H,22,24)/t20-/m1/s1. The minimum atomic E-state index is -3.34. The molecule has 0 heterocycles. The first-order chi connectivity index (χ1) is 13.7. The van der Waals surface area contributed by atoms with Crippen LogP contribution < -0.4 is 19.1 Å². The van der Waals surface area contributed by atoms with E-state index in [-0.39, 0.29) is 5.91 Å². The molecule has 0 spiro atoms. The molecule has 2 rings (SSSR count). The minimum absolute atomic E-state index is 0.274. The molecule has 0 aliphatic heterocycles. The fraction of sp³-hybridized carbons (Fsp3) is 0.286. The van der Waals surface area contributed by atoms with Gasteiger partial charge in [-0.1, -0.05) is 19.6 Å². The summed E-state index contributed by atoms with van der Waals surface area (Å²) in [6.45, 7) is 5.86. The lowest BCUT2D eigenvalue weighted by Crippen LogP contribution is -2.32. The number of amides is 1. The highest BCUT2D eigenvalue weighted by Gasteiger charge is 2.19. The molecule has 0 saturated heterocycles.